The Morgan fingerprint density at radius 1 is 1.53 bits per heavy atom. The number of rotatable bonds is 4. The number of carbonyl (C=O) groups excluding carboxylic acids is 1. The summed E-state index contributed by atoms with van der Waals surface area (Å²) in [6, 6.07) is 1.59. The number of carboxylic acids is 1. The maximum atomic E-state index is 12.5. The second-order valence-corrected chi connectivity index (χ2v) is 5.25. The van der Waals surface area contributed by atoms with E-state index in [9.17, 15) is 9.59 Å². The molecule has 1 aromatic rings. The molecule has 104 valence electrons. The fourth-order valence-corrected chi connectivity index (χ4v) is 2.59. The number of nitrogens with zero attached hydrogens (tertiary/aromatic N) is 1. The normalized spacial score (nSPS) is 19.1. The van der Waals surface area contributed by atoms with Crippen LogP contribution < -0.4 is 0 Å². The van der Waals surface area contributed by atoms with Gasteiger partial charge in [-0.3, -0.25) is 9.59 Å². The monoisotopic (exact) mass is 265 g/mol. The van der Waals surface area contributed by atoms with Gasteiger partial charge in [0.1, 0.15) is 0 Å². The quantitative estimate of drug-likeness (QED) is 0.907. The Balaban J connectivity index is 2.18. The van der Waals surface area contributed by atoms with E-state index in [4.69, 9.17) is 9.52 Å². The van der Waals surface area contributed by atoms with E-state index < -0.39 is 5.97 Å². The van der Waals surface area contributed by atoms with Gasteiger partial charge in [0.2, 0.25) is 0 Å². The maximum absolute atomic E-state index is 12.5. The van der Waals surface area contributed by atoms with Gasteiger partial charge in [0.05, 0.1) is 12.7 Å². The molecule has 0 radical (unpaired) electrons. The Hall–Kier alpha value is -1.78. The summed E-state index contributed by atoms with van der Waals surface area (Å²) in [5.41, 5.74) is 0.881. The van der Waals surface area contributed by atoms with Crippen LogP contribution in [-0.4, -0.2) is 34.5 Å². The number of carboxylic acid groups (broad SMARTS) is 1. The highest BCUT2D eigenvalue weighted by Crippen LogP contribution is 2.27. The molecular weight excluding hydrogens is 246 g/mol. The summed E-state index contributed by atoms with van der Waals surface area (Å²) in [5, 5.41) is 8.89. The minimum atomic E-state index is -0.867. The van der Waals surface area contributed by atoms with Crippen molar-refractivity contribution in [3.05, 3.63) is 23.7 Å². The summed E-state index contributed by atoms with van der Waals surface area (Å²) in [5.74, 6) is -0.490. The first-order chi connectivity index (χ1) is 9.00. The summed E-state index contributed by atoms with van der Waals surface area (Å²) in [6.07, 6.45) is 3.12. The number of amides is 1. The van der Waals surface area contributed by atoms with Crippen LogP contribution in [0.15, 0.2) is 16.7 Å². The molecule has 19 heavy (non-hydrogen) atoms. The fraction of sp³-hybridized carbons (Fsp3) is 0.571. The van der Waals surface area contributed by atoms with E-state index >= 15 is 0 Å². The molecule has 2 rings (SSSR count). The summed E-state index contributed by atoms with van der Waals surface area (Å²) in [6.45, 7) is 4.61. The average Bonchev–Trinajstić information content (AvgIpc) is 2.94. The van der Waals surface area contributed by atoms with E-state index in [-0.39, 0.29) is 24.3 Å². The molecule has 0 aliphatic carbocycles. The van der Waals surface area contributed by atoms with Crippen LogP contribution in [-0.2, 0) is 4.79 Å². The molecule has 1 aromatic heterocycles. The minimum absolute atomic E-state index is 0.00343. The second-order valence-electron chi connectivity index (χ2n) is 5.25. The molecule has 5 heteroatoms. The number of aliphatic carboxylic acids is 1. The molecule has 0 saturated carbocycles. The van der Waals surface area contributed by atoms with Crippen LogP contribution in [0, 0.1) is 0 Å². The van der Waals surface area contributed by atoms with Gasteiger partial charge in [0.15, 0.2) is 5.76 Å². The van der Waals surface area contributed by atoms with Gasteiger partial charge >= 0.3 is 5.97 Å². The smallest absolute Gasteiger partial charge is 0.305 e. The SMILES string of the molecule is CC(C)c1ccoc1C(=O)N1CCCC1CC(=O)O. The van der Waals surface area contributed by atoms with Gasteiger partial charge in [-0.15, -0.1) is 0 Å². The van der Waals surface area contributed by atoms with Gasteiger partial charge in [0, 0.05) is 18.2 Å². The van der Waals surface area contributed by atoms with Gasteiger partial charge in [-0.2, -0.15) is 0 Å². The van der Waals surface area contributed by atoms with Crippen molar-refractivity contribution in [1.29, 1.82) is 0 Å². The topological polar surface area (TPSA) is 70.8 Å². The van der Waals surface area contributed by atoms with Crippen LogP contribution in [0.1, 0.15) is 55.1 Å². The van der Waals surface area contributed by atoms with Crippen LogP contribution in [0.25, 0.3) is 0 Å². The van der Waals surface area contributed by atoms with Crippen molar-refractivity contribution in [2.75, 3.05) is 6.54 Å². The zero-order valence-corrected chi connectivity index (χ0v) is 11.3. The van der Waals surface area contributed by atoms with Crippen molar-refractivity contribution in [2.24, 2.45) is 0 Å². The van der Waals surface area contributed by atoms with Crippen molar-refractivity contribution in [1.82, 2.24) is 4.90 Å². The minimum Gasteiger partial charge on any atom is -0.481 e. The summed E-state index contributed by atoms with van der Waals surface area (Å²) < 4.78 is 5.31. The lowest BCUT2D eigenvalue weighted by atomic mass is 10.0. The lowest BCUT2D eigenvalue weighted by Gasteiger charge is -2.23. The highest BCUT2D eigenvalue weighted by molar-refractivity contribution is 5.93. The van der Waals surface area contributed by atoms with Crippen molar-refractivity contribution < 1.29 is 19.1 Å². The lowest BCUT2D eigenvalue weighted by molar-refractivity contribution is -0.137. The van der Waals surface area contributed by atoms with E-state index in [1.807, 2.05) is 13.8 Å². The highest BCUT2D eigenvalue weighted by Gasteiger charge is 2.33. The zero-order valence-electron chi connectivity index (χ0n) is 11.3. The summed E-state index contributed by atoms with van der Waals surface area (Å²) in [4.78, 5) is 24.9. The van der Waals surface area contributed by atoms with E-state index in [1.165, 1.54) is 6.26 Å². The Morgan fingerprint density at radius 2 is 2.26 bits per heavy atom. The standard InChI is InChI=1S/C14H19NO4/c1-9(2)11-5-7-19-13(11)14(18)15-6-3-4-10(15)8-12(16)17/h5,7,9-10H,3-4,6,8H2,1-2H3,(H,16,17). The molecule has 0 bridgehead atoms. The third-order valence-corrected chi connectivity index (χ3v) is 3.56. The zero-order chi connectivity index (χ0) is 14.0. The van der Waals surface area contributed by atoms with Crippen molar-refractivity contribution in [3.8, 4) is 0 Å². The Kier molecular flexibility index (Phi) is 3.93. The lowest BCUT2D eigenvalue weighted by Crippen LogP contribution is -2.37. The number of likely N-dealkylation sites (tertiary alicyclic amines) is 1. The van der Waals surface area contributed by atoms with E-state index in [2.05, 4.69) is 0 Å². The third kappa shape index (κ3) is 2.80. The predicted octanol–water partition coefficient (Wildman–Crippen LogP) is 2.48. The maximum Gasteiger partial charge on any atom is 0.305 e. The van der Waals surface area contributed by atoms with Crippen LogP contribution in [0.5, 0.6) is 0 Å². The molecule has 5 nitrogen and oxygen atoms in total. The molecule has 1 unspecified atom stereocenters. The Morgan fingerprint density at radius 3 is 2.89 bits per heavy atom. The molecule has 1 atom stereocenters. The molecule has 1 aliphatic rings. The number of furan rings is 1. The first-order valence-electron chi connectivity index (χ1n) is 6.61. The van der Waals surface area contributed by atoms with Crippen LogP contribution in [0.4, 0.5) is 0 Å². The van der Waals surface area contributed by atoms with Gasteiger partial charge < -0.3 is 14.4 Å². The summed E-state index contributed by atoms with van der Waals surface area (Å²) in [7, 11) is 0. The van der Waals surface area contributed by atoms with Crippen LogP contribution in [0.2, 0.25) is 0 Å². The molecule has 1 N–H and O–H groups in total. The van der Waals surface area contributed by atoms with E-state index in [0.717, 1.165) is 18.4 Å². The largest absolute Gasteiger partial charge is 0.481 e. The van der Waals surface area contributed by atoms with Gasteiger partial charge in [-0.05, 0) is 24.8 Å². The molecule has 2 heterocycles. The molecule has 1 aliphatic heterocycles. The Labute approximate surface area is 112 Å². The van der Waals surface area contributed by atoms with Crippen LogP contribution in [0.3, 0.4) is 0 Å². The molecule has 0 aromatic carbocycles. The highest BCUT2D eigenvalue weighted by atomic mass is 16.4. The molecular formula is C14H19NO4. The van der Waals surface area contributed by atoms with Crippen molar-refractivity contribution >= 4 is 11.9 Å². The van der Waals surface area contributed by atoms with Gasteiger partial charge in [0.25, 0.3) is 5.91 Å². The van der Waals surface area contributed by atoms with Crippen molar-refractivity contribution in [3.63, 3.8) is 0 Å². The summed E-state index contributed by atoms with van der Waals surface area (Å²) >= 11 is 0. The number of carbonyl (C=O) groups is 2. The van der Waals surface area contributed by atoms with E-state index in [0.29, 0.717) is 12.3 Å². The second kappa shape index (κ2) is 5.47. The first-order valence-corrected chi connectivity index (χ1v) is 6.61. The number of hydrogen-bond donors (Lipinski definition) is 1. The third-order valence-electron chi connectivity index (χ3n) is 3.56. The first kappa shape index (κ1) is 13.6. The van der Waals surface area contributed by atoms with Gasteiger partial charge in [-0.1, -0.05) is 13.8 Å². The molecule has 1 saturated heterocycles. The predicted molar refractivity (Wildman–Crippen MR) is 69.1 cm³/mol. The number of hydrogen-bond acceptors (Lipinski definition) is 3. The molecule has 1 amide bonds. The van der Waals surface area contributed by atoms with E-state index in [1.54, 1.807) is 11.0 Å². The fourth-order valence-electron chi connectivity index (χ4n) is 2.59. The van der Waals surface area contributed by atoms with Crippen LogP contribution >= 0.6 is 0 Å². The Bertz CT molecular complexity index is 478. The van der Waals surface area contributed by atoms with Gasteiger partial charge in [-0.25, -0.2) is 0 Å². The average molecular weight is 265 g/mol. The molecule has 1 fully saturated rings. The van der Waals surface area contributed by atoms with Crippen molar-refractivity contribution in [2.45, 2.75) is 45.1 Å². The molecule has 0 spiro atoms.